The zero-order valence-electron chi connectivity index (χ0n) is 15.8. The molecule has 0 unspecified atom stereocenters. The highest BCUT2D eigenvalue weighted by molar-refractivity contribution is 6.30. The van der Waals surface area contributed by atoms with E-state index in [2.05, 4.69) is 5.32 Å². The smallest absolute Gasteiger partial charge is 0.255 e. The summed E-state index contributed by atoms with van der Waals surface area (Å²) in [4.78, 5) is 27.0. The van der Waals surface area contributed by atoms with E-state index in [4.69, 9.17) is 16.3 Å². The van der Waals surface area contributed by atoms with Gasteiger partial charge in [0.2, 0.25) is 5.91 Å². The van der Waals surface area contributed by atoms with Crippen LogP contribution in [0, 0.1) is 6.92 Å². The average Bonchev–Trinajstić information content (AvgIpc) is 2.80. The molecular formula is C22H23ClN2O3. The number of amides is 2. The molecule has 2 aromatic carbocycles. The molecule has 6 heteroatoms. The highest BCUT2D eigenvalue weighted by Gasteiger charge is 2.40. The lowest BCUT2D eigenvalue weighted by molar-refractivity contribution is -0.133. The largest absolute Gasteiger partial charge is 0.484 e. The van der Waals surface area contributed by atoms with Gasteiger partial charge in [-0.1, -0.05) is 35.4 Å². The Morgan fingerprint density at radius 3 is 2.75 bits per heavy atom. The number of hydrogen-bond donors (Lipinski definition) is 1. The van der Waals surface area contributed by atoms with Gasteiger partial charge in [-0.15, -0.1) is 0 Å². The van der Waals surface area contributed by atoms with Crippen molar-refractivity contribution in [3.05, 3.63) is 64.2 Å². The summed E-state index contributed by atoms with van der Waals surface area (Å²) in [5.41, 5.74) is 2.05. The zero-order valence-corrected chi connectivity index (χ0v) is 16.6. The first-order chi connectivity index (χ1) is 13.4. The number of benzene rings is 2. The molecule has 28 heavy (non-hydrogen) atoms. The number of carbonyl (C=O) groups is 2. The van der Waals surface area contributed by atoms with Crippen LogP contribution in [0.15, 0.2) is 42.5 Å². The Balaban J connectivity index is 1.43. The molecule has 2 aliphatic rings. The van der Waals surface area contributed by atoms with Crippen LogP contribution >= 0.6 is 11.6 Å². The third-order valence-corrected chi connectivity index (χ3v) is 5.78. The third-order valence-electron chi connectivity index (χ3n) is 5.55. The Hall–Kier alpha value is -2.53. The van der Waals surface area contributed by atoms with Gasteiger partial charge in [0.05, 0.1) is 18.5 Å². The van der Waals surface area contributed by atoms with Crippen molar-refractivity contribution < 1.29 is 14.3 Å². The third kappa shape index (κ3) is 3.85. The Morgan fingerprint density at radius 2 is 2.00 bits per heavy atom. The van der Waals surface area contributed by atoms with Gasteiger partial charge in [0, 0.05) is 31.0 Å². The van der Waals surface area contributed by atoms with Crippen LogP contribution in [-0.2, 0) is 11.2 Å². The average molecular weight is 399 g/mol. The second kappa shape index (κ2) is 7.47. The second-order valence-corrected chi connectivity index (χ2v) is 8.09. The van der Waals surface area contributed by atoms with Gasteiger partial charge in [-0.05, 0) is 36.8 Å². The normalized spacial score (nSPS) is 18.1. The topological polar surface area (TPSA) is 58.6 Å². The summed E-state index contributed by atoms with van der Waals surface area (Å²) in [7, 11) is 0. The van der Waals surface area contributed by atoms with Crippen LogP contribution in [0.4, 0.5) is 0 Å². The van der Waals surface area contributed by atoms with E-state index in [0.717, 1.165) is 11.1 Å². The minimum atomic E-state index is -0.469. The van der Waals surface area contributed by atoms with Crippen molar-refractivity contribution in [2.45, 2.75) is 31.8 Å². The summed E-state index contributed by atoms with van der Waals surface area (Å²) in [6, 6.07) is 13.1. The van der Waals surface area contributed by atoms with Crippen LogP contribution in [0.25, 0.3) is 0 Å². The first-order valence-corrected chi connectivity index (χ1v) is 9.92. The number of piperidine rings is 1. The summed E-state index contributed by atoms with van der Waals surface area (Å²) < 4.78 is 6.33. The highest BCUT2D eigenvalue weighted by atomic mass is 35.5. The molecule has 0 radical (unpaired) electrons. The van der Waals surface area contributed by atoms with E-state index >= 15 is 0 Å². The highest BCUT2D eigenvalue weighted by Crippen LogP contribution is 2.33. The van der Waals surface area contributed by atoms with Crippen molar-refractivity contribution in [1.82, 2.24) is 10.2 Å². The molecule has 2 amide bonds. The molecule has 1 spiro atoms. The number of aryl methyl sites for hydroxylation is 1. The molecule has 0 aliphatic carbocycles. The summed E-state index contributed by atoms with van der Waals surface area (Å²) in [6.45, 7) is 3.63. The SMILES string of the molecule is Cc1ccc2c(c1)C(=O)NCC1(CCN(C(=O)Cc3cccc(Cl)c3)CC1)O2. The van der Waals surface area contributed by atoms with Gasteiger partial charge in [0.1, 0.15) is 11.4 Å². The predicted octanol–water partition coefficient (Wildman–Crippen LogP) is 3.37. The van der Waals surface area contributed by atoms with E-state index in [1.165, 1.54) is 0 Å². The fourth-order valence-corrected chi connectivity index (χ4v) is 4.10. The van der Waals surface area contributed by atoms with Crippen molar-refractivity contribution in [1.29, 1.82) is 0 Å². The number of rotatable bonds is 2. The number of likely N-dealkylation sites (tertiary alicyclic amines) is 1. The lowest BCUT2D eigenvalue weighted by atomic mass is 9.90. The van der Waals surface area contributed by atoms with Crippen LogP contribution in [0.2, 0.25) is 5.02 Å². The van der Waals surface area contributed by atoms with E-state index in [0.29, 0.717) is 55.2 Å². The molecule has 0 bridgehead atoms. The monoisotopic (exact) mass is 398 g/mol. The maximum absolute atomic E-state index is 12.7. The number of carbonyl (C=O) groups excluding carboxylic acids is 2. The summed E-state index contributed by atoms with van der Waals surface area (Å²) in [5, 5.41) is 3.63. The molecule has 2 aliphatic heterocycles. The summed E-state index contributed by atoms with van der Waals surface area (Å²) in [6.07, 6.45) is 1.71. The maximum Gasteiger partial charge on any atom is 0.255 e. The van der Waals surface area contributed by atoms with Crippen molar-refractivity contribution >= 4 is 23.4 Å². The van der Waals surface area contributed by atoms with Gasteiger partial charge in [0.15, 0.2) is 0 Å². The van der Waals surface area contributed by atoms with E-state index in [1.807, 2.05) is 48.2 Å². The van der Waals surface area contributed by atoms with Crippen LogP contribution < -0.4 is 10.1 Å². The van der Waals surface area contributed by atoms with Gasteiger partial charge in [-0.2, -0.15) is 0 Å². The quantitative estimate of drug-likeness (QED) is 0.843. The molecule has 0 aromatic heterocycles. The van der Waals surface area contributed by atoms with Gasteiger partial charge in [0.25, 0.3) is 5.91 Å². The van der Waals surface area contributed by atoms with Gasteiger partial charge in [-0.25, -0.2) is 0 Å². The van der Waals surface area contributed by atoms with Crippen LogP contribution in [0.1, 0.15) is 34.3 Å². The second-order valence-electron chi connectivity index (χ2n) is 7.65. The number of fused-ring (bicyclic) bond motifs is 1. The van der Waals surface area contributed by atoms with E-state index in [-0.39, 0.29) is 11.8 Å². The first kappa shape index (κ1) is 18.8. The fraction of sp³-hybridized carbons (Fsp3) is 0.364. The van der Waals surface area contributed by atoms with Crippen molar-refractivity contribution in [3.8, 4) is 5.75 Å². The number of hydrogen-bond acceptors (Lipinski definition) is 3. The number of nitrogens with zero attached hydrogens (tertiary/aromatic N) is 1. The molecule has 1 N–H and O–H groups in total. The van der Waals surface area contributed by atoms with E-state index in [9.17, 15) is 9.59 Å². The first-order valence-electron chi connectivity index (χ1n) is 9.54. The zero-order chi connectivity index (χ0) is 19.7. The Bertz CT molecular complexity index is 920. The van der Waals surface area contributed by atoms with Gasteiger partial charge in [-0.3, -0.25) is 9.59 Å². The van der Waals surface area contributed by atoms with E-state index < -0.39 is 5.60 Å². The lowest BCUT2D eigenvalue weighted by Gasteiger charge is -2.41. The predicted molar refractivity (Wildman–Crippen MR) is 108 cm³/mol. The van der Waals surface area contributed by atoms with Gasteiger partial charge >= 0.3 is 0 Å². The van der Waals surface area contributed by atoms with Crippen molar-refractivity contribution in [2.24, 2.45) is 0 Å². The molecule has 2 aromatic rings. The molecule has 146 valence electrons. The molecular weight excluding hydrogens is 376 g/mol. The number of halogens is 1. The Kier molecular flexibility index (Phi) is 5.02. The maximum atomic E-state index is 12.7. The minimum absolute atomic E-state index is 0.0887. The summed E-state index contributed by atoms with van der Waals surface area (Å²) in [5.74, 6) is 0.611. The molecule has 0 atom stereocenters. The van der Waals surface area contributed by atoms with Crippen LogP contribution in [-0.4, -0.2) is 41.9 Å². The lowest BCUT2D eigenvalue weighted by Crippen LogP contribution is -2.54. The molecule has 4 rings (SSSR count). The minimum Gasteiger partial charge on any atom is -0.484 e. The molecule has 1 saturated heterocycles. The molecule has 1 fully saturated rings. The summed E-state index contributed by atoms with van der Waals surface area (Å²) >= 11 is 6.01. The molecule has 5 nitrogen and oxygen atoms in total. The van der Waals surface area contributed by atoms with Crippen molar-refractivity contribution in [3.63, 3.8) is 0 Å². The van der Waals surface area contributed by atoms with Gasteiger partial charge < -0.3 is 15.0 Å². The fourth-order valence-electron chi connectivity index (χ4n) is 3.89. The molecule has 0 saturated carbocycles. The van der Waals surface area contributed by atoms with Crippen LogP contribution in [0.5, 0.6) is 5.75 Å². The number of ether oxygens (including phenoxy) is 1. The number of nitrogens with one attached hydrogen (secondary N) is 1. The Labute approximate surface area is 169 Å². The van der Waals surface area contributed by atoms with Crippen molar-refractivity contribution in [2.75, 3.05) is 19.6 Å². The molecule has 2 heterocycles. The van der Waals surface area contributed by atoms with Crippen LogP contribution in [0.3, 0.4) is 0 Å². The van der Waals surface area contributed by atoms with E-state index in [1.54, 1.807) is 6.07 Å². The Morgan fingerprint density at radius 1 is 1.21 bits per heavy atom. The standard InChI is InChI=1S/C22H23ClN2O3/c1-15-5-6-19-18(11-15)21(27)24-14-22(28-19)7-9-25(10-8-22)20(26)13-16-3-2-4-17(23)12-16/h2-6,11-12H,7-10,13-14H2,1H3,(H,24,27).